The monoisotopic (exact) mass is 640 g/mol. The van der Waals surface area contributed by atoms with Crippen LogP contribution in [-0.4, -0.2) is 47.0 Å². The summed E-state index contributed by atoms with van der Waals surface area (Å²) < 4.78 is 0. The van der Waals surface area contributed by atoms with Crippen molar-refractivity contribution in [3.05, 3.63) is 102 Å². The lowest BCUT2D eigenvalue weighted by Crippen LogP contribution is -2.52. The summed E-state index contributed by atoms with van der Waals surface area (Å²) in [6.45, 7) is 2.51. The Morgan fingerprint density at radius 2 is 1.40 bits per heavy atom. The Hall–Kier alpha value is -4.79. The Kier molecular flexibility index (Phi) is 16.5. The zero-order valence-corrected chi connectivity index (χ0v) is 27.4. The number of hydrogen-bond acceptors (Lipinski definition) is 5. The molecule has 0 radical (unpaired) electrons. The van der Waals surface area contributed by atoms with Gasteiger partial charge in [0.2, 0.25) is 23.6 Å². The van der Waals surface area contributed by atoms with Crippen LogP contribution in [0.2, 0.25) is 0 Å². The van der Waals surface area contributed by atoms with Gasteiger partial charge in [-0.3, -0.25) is 29.3 Å². The van der Waals surface area contributed by atoms with Crippen molar-refractivity contribution in [1.29, 1.82) is 0 Å². The van der Waals surface area contributed by atoms with Crippen molar-refractivity contribution in [3.8, 4) is 0 Å². The molecule has 250 valence electrons. The van der Waals surface area contributed by atoms with Gasteiger partial charge in [0.15, 0.2) is 0 Å². The third-order valence-corrected chi connectivity index (χ3v) is 7.66. The number of fused-ring (bicyclic) bond motifs is 1. The minimum Gasteiger partial charge on any atom is -0.356 e. The number of amides is 5. The molecule has 0 aliphatic carbocycles. The largest absolute Gasteiger partial charge is 0.356 e. The summed E-state index contributed by atoms with van der Waals surface area (Å²) in [6, 6.07) is 4.33. The number of carbonyl (C=O) groups is 5. The summed E-state index contributed by atoms with van der Waals surface area (Å²) in [7, 11) is 0. The van der Waals surface area contributed by atoms with E-state index in [4.69, 9.17) is 0 Å². The van der Waals surface area contributed by atoms with E-state index in [1.54, 1.807) is 18.2 Å². The van der Waals surface area contributed by atoms with Crippen LogP contribution < -0.4 is 16.0 Å². The molecule has 0 saturated carbocycles. The summed E-state index contributed by atoms with van der Waals surface area (Å²) in [5.74, 6) is -1.54. The first-order valence-electron chi connectivity index (χ1n) is 16.6. The zero-order valence-electron chi connectivity index (χ0n) is 27.4. The van der Waals surface area contributed by atoms with E-state index in [0.29, 0.717) is 29.7 Å². The normalized spacial score (nSPS) is 16.9. The second kappa shape index (κ2) is 21.1. The van der Waals surface area contributed by atoms with Gasteiger partial charge in [-0.05, 0) is 63.5 Å². The maximum Gasteiger partial charge on any atom is 0.255 e. The second-order valence-electron chi connectivity index (χ2n) is 11.3. The third-order valence-electron chi connectivity index (χ3n) is 7.66. The predicted octanol–water partition coefficient (Wildman–Crippen LogP) is 6.37. The minimum absolute atomic E-state index is 0.0835. The number of nitrogens with zero attached hydrogens (tertiary/aromatic N) is 1. The SMILES string of the molecule is CCC=CCC=CCC=CCC=CCC=CCC=CCCC(=O)NCCC(=O)Nc1cccc2c1CN(C1CCC(=O)NC1=O)C2=O. The van der Waals surface area contributed by atoms with Gasteiger partial charge in [0, 0.05) is 49.2 Å². The first-order chi connectivity index (χ1) is 22.9. The maximum absolute atomic E-state index is 13.0. The lowest BCUT2D eigenvalue weighted by atomic mass is 10.0. The van der Waals surface area contributed by atoms with Crippen LogP contribution in [0.3, 0.4) is 0 Å². The highest BCUT2D eigenvalue weighted by Crippen LogP contribution is 2.32. The number of carbonyl (C=O) groups excluding carboxylic acids is 5. The van der Waals surface area contributed by atoms with Gasteiger partial charge in [-0.2, -0.15) is 0 Å². The van der Waals surface area contributed by atoms with Gasteiger partial charge < -0.3 is 15.5 Å². The number of benzene rings is 1. The van der Waals surface area contributed by atoms with E-state index in [1.165, 1.54) is 4.90 Å². The van der Waals surface area contributed by atoms with Crippen LogP contribution in [0.25, 0.3) is 0 Å². The summed E-state index contributed by atoms with van der Waals surface area (Å²) in [5, 5.41) is 7.89. The van der Waals surface area contributed by atoms with Gasteiger partial charge in [-0.25, -0.2) is 0 Å². The molecule has 1 atom stereocenters. The molecule has 2 aliphatic rings. The summed E-state index contributed by atoms with van der Waals surface area (Å²) in [4.78, 5) is 63.0. The summed E-state index contributed by atoms with van der Waals surface area (Å²) >= 11 is 0. The zero-order chi connectivity index (χ0) is 33.7. The van der Waals surface area contributed by atoms with Crippen LogP contribution in [0, 0.1) is 0 Å². The van der Waals surface area contributed by atoms with Crippen LogP contribution in [0.4, 0.5) is 5.69 Å². The Labute approximate surface area is 278 Å². The number of nitrogens with one attached hydrogen (secondary N) is 3. The number of hydrogen-bond donors (Lipinski definition) is 3. The van der Waals surface area contributed by atoms with Crippen LogP contribution in [0.15, 0.2) is 91.1 Å². The molecule has 0 bridgehead atoms. The molecule has 1 aromatic carbocycles. The first-order valence-corrected chi connectivity index (χ1v) is 16.6. The van der Waals surface area contributed by atoms with Crippen molar-refractivity contribution in [2.75, 3.05) is 11.9 Å². The van der Waals surface area contributed by atoms with Crippen molar-refractivity contribution in [3.63, 3.8) is 0 Å². The number of rotatable bonds is 19. The average Bonchev–Trinajstić information content (AvgIpc) is 3.38. The molecule has 0 spiro atoms. The molecular weight excluding hydrogens is 592 g/mol. The molecule has 9 heteroatoms. The van der Waals surface area contributed by atoms with Gasteiger partial charge in [0.05, 0.1) is 0 Å². The molecule has 5 amide bonds. The van der Waals surface area contributed by atoms with Crippen LogP contribution in [0.5, 0.6) is 0 Å². The Balaban J connectivity index is 1.24. The molecule has 9 nitrogen and oxygen atoms in total. The topological polar surface area (TPSA) is 125 Å². The van der Waals surface area contributed by atoms with Crippen molar-refractivity contribution in [1.82, 2.24) is 15.5 Å². The lowest BCUT2D eigenvalue weighted by molar-refractivity contribution is -0.137. The van der Waals surface area contributed by atoms with Gasteiger partial charge in [-0.1, -0.05) is 85.9 Å². The second-order valence-corrected chi connectivity index (χ2v) is 11.3. The van der Waals surface area contributed by atoms with Gasteiger partial charge in [0.1, 0.15) is 6.04 Å². The summed E-state index contributed by atoms with van der Waals surface area (Å²) in [6.07, 6.45) is 32.9. The van der Waals surface area contributed by atoms with Crippen molar-refractivity contribution in [2.45, 2.75) is 90.1 Å². The highest BCUT2D eigenvalue weighted by Gasteiger charge is 2.39. The van der Waals surface area contributed by atoms with Crippen LogP contribution >= 0.6 is 0 Å². The van der Waals surface area contributed by atoms with E-state index in [0.717, 1.165) is 38.5 Å². The number of allylic oxidation sites excluding steroid dienone is 12. The Morgan fingerprint density at radius 1 is 0.809 bits per heavy atom. The van der Waals surface area contributed by atoms with Crippen molar-refractivity contribution in [2.24, 2.45) is 0 Å². The Morgan fingerprint density at radius 3 is 2.00 bits per heavy atom. The van der Waals surface area contributed by atoms with Crippen LogP contribution in [0.1, 0.15) is 93.5 Å². The fourth-order valence-corrected chi connectivity index (χ4v) is 5.17. The number of imide groups is 1. The van der Waals surface area contributed by atoms with Crippen molar-refractivity contribution >= 4 is 35.2 Å². The van der Waals surface area contributed by atoms with E-state index < -0.39 is 11.9 Å². The average molecular weight is 641 g/mol. The third kappa shape index (κ3) is 13.2. The quantitative estimate of drug-likeness (QED) is 0.120. The number of piperidine rings is 1. The minimum atomic E-state index is -0.723. The molecule has 1 fully saturated rings. The van der Waals surface area contributed by atoms with E-state index >= 15 is 0 Å². The Bertz CT molecular complexity index is 1420. The fraction of sp³-hybridized carbons (Fsp3) is 0.395. The van der Waals surface area contributed by atoms with E-state index in [2.05, 4.69) is 83.6 Å². The van der Waals surface area contributed by atoms with E-state index in [1.807, 2.05) is 12.2 Å². The molecule has 3 N–H and O–H groups in total. The van der Waals surface area contributed by atoms with Gasteiger partial charge in [-0.15, -0.1) is 0 Å². The number of anilines is 1. The molecule has 1 aromatic rings. The molecule has 2 heterocycles. The van der Waals surface area contributed by atoms with Crippen LogP contribution in [-0.2, 0) is 25.7 Å². The predicted molar refractivity (Wildman–Crippen MR) is 186 cm³/mol. The van der Waals surface area contributed by atoms with E-state index in [9.17, 15) is 24.0 Å². The standard InChI is InChI=1S/C38H48N4O5/c1-2-3-4-5-6-7-8-9-10-11-12-13-14-15-16-17-18-19-20-24-34(43)39-28-27-36(45)40-32-23-21-22-30-31(32)29-42(38(30)47)33-25-26-35(44)41-37(33)46/h3-4,6-7,9-10,12-13,15-16,18-19,21-23,33H,2,5,8,11,14,17,20,24-29H2,1H3,(H,39,43)(H,40,45)(H,41,44,46). The molecule has 0 aromatic heterocycles. The smallest absolute Gasteiger partial charge is 0.255 e. The molecule has 3 rings (SSSR count). The van der Waals surface area contributed by atoms with Gasteiger partial charge >= 0.3 is 0 Å². The highest BCUT2D eigenvalue weighted by molar-refractivity contribution is 6.06. The first kappa shape index (κ1) is 36.7. The maximum atomic E-state index is 13.0. The molecule has 2 aliphatic heterocycles. The summed E-state index contributed by atoms with van der Waals surface area (Å²) in [5.41, 5.74) is 1.56. The molecule has 47 heavy (non-hydrogen) atoms. The molecule has 1 saturated heterocycles. The fourth-order valence-electron chi connectivity index (χ4n) is 5.17. The molecule has 1 unspecified atom stereocenters. The van der Waals surface area contributed by atoms with Crippen molar-refractivity contribution < 1.29 is 24.0 Å². The van der Waals surface area contributed by atoms with E-state index in [-0.39, 0.29) is 56.0 Å². The lowest BCUT2D eigenvalue weighted by Gasteiger charge is -2.29. The van der Waals surface area contributed by atoms with Gasteiger partial charge in [0.25, 0.3) is 5.91 Å². The molecular formula is C38H48N4O5. The highest BCUT2D eigenvalue weighted by atomic mass is 16.2.